The number of nitrogens with two attached hydrogens (primary N) is 1. The fourth-order valence-electron chi connectivity index (χ4n) is 2.03. The van der Waals surface area contributed by atoms with Crippen LogP contribution in [-0.4, -0.2) is 21.1 Å². The first-order valence-corrected chi connectivity index (χ1v) is 7.77. The third kappa shape index (κ3) is 2.56. The number of rotatable bonds is 4. The zero-order valence-corrected chi connectivity index (χ0v) is 12.1. The van der Waals surface area contributed by atoms with E-state index < -0.39 is 15.9 Å². The number of nitrogens with one attached hydrogen (secondary N) is 1. The topological polar surface area (TPSA) is 108 Å². The number of hydrogen-bond acceptors (Lipinski definition) is 5. The molecule has 2 aromatic carbocycles. The van der Waals surface area contributed by atoms with Crippen LogP contribution in [0.5, 0.6) is 11.5 Å². The van der Waals surface area contributed by atoms with Gasteiger partial charge in [0, 0.05) is 6.07 Å². The van der Waals surface area contributed by atoms with Gasteiger partial charge < -0.3 is 15.2 Å². The van der Waals surface area contributed by atoms with Crippen molar-refractivity contribution < 1.29 is 22.7 Å². The van der Waals surface area contributed by atoms with Gasteiger partial charge >= 0.3 is 0 Å². The Bertz CT molecular complexity index is 848. The largest absolute Gasteiger partial charge is 0.454 e. The molecule has 22 heavy (non-hydrogen) atoms. The molecule has 7 nitrogen and oxygen atoms in total. The van der Waals surface area contributed by atoms with Crippen LogP contribution in [0.4, 0.5) is 5.69 Å². The van der Waals surface area contributed by atoms with Gasteiger partial charge in [0.05, 0.1) is 16.1 Å². The molecule has 1 amide bonds. The van der Waals surface area contributed by atoms with E-state index in [2.05, 4.69) is 4.72 Å². The summed E-state index contributed by atoms with van der Waals surface area (Å²) >= 11 is 0. The van der Waals surface area contributed by atoms with Gasteiger partial charge in [-0.25, -0.2) is 8.42 Å². The molecule has 0 spiro atoms. The lowest BCUT2D eigenvalue weighted by Gasteiger charge is -2.11. The quantitative estimate of drug-likeness (QED) is 0.883. The second kappa shape index (κ2) is 5.23. The molecule has 0 bridgehead atoms. The molecule has 2 aromatic rings. The zero-order valence-electron chi connectivity index (χ0n) is 11.3. The smallest absolute Gasteiger partial charge is 0.262 e. The second-order valence-corrected chi connectivity index (χ2v) is 6.21. The first-order chi connectivity index (χ1) is 10.5. The lowest BCUT2D eigenvalue weighted by atomic mass is 10.2. The number of carbonyl (C=O) groups excluding carboxylic acids is 1. The van der Waals surface area contributed by atoms with Crippen LogP contribution in [0.2, 0.25) is 0 Å². The van der Waals surface area contributed by atoms with E-state index in [1.54, 1.807) is 12.1 Å². The Morgan fingerprint density at radius 1 is 1.09 bits per heavy atom. The summed E-state index contributed by atoms with van der Waals surface area (Å²) in [5.74, 6) is 0.117. The molecule has 0 saturated heterocycles. The van der Waals surface area contributed by atoms with Crippen LogP contribution >= 0.6 is 0 Å². The number of sulfonamides is 1. The third-order valence-electron chi connectivity index (χ3n) is 3.09. The zero-order chi connectivity index (χ0) is 15.7. The Morgan fingerprint density at radius 3 is 2.59 bits per heavy atom. The number of fused-ring (bicyclic) bond motifs is 1. The molecule has 1 aliphatic heterocycles. The molecule has 0 atom stereocenters. The molecule has 3 rings (SSSR count). The van der Waals surface area contributed by atoms with Crippen molar-refractivity contribution >= 4 is 21.6 Å². The number of anilines is 1. The van der Waals surface area contributed by atoms with E-state index in [1.165, 1.54) is 30.3 Å². The van der Waals surface area contributed by atoms with Gasteiger partial charge in [0.25, 0.3) is 15.9 Å². The minimum Gasteiger partial charge on any atom is -0.454 e. The SMILES string of the molecule is NC(=O)c1ccccc1NS(=O)(=O)c1ccc2c(c1)OCO2. The maximum atomic E-state index is 12.4. The van der Waals surface area contributed by atoms with E-state index >= 15 is 0 Å². The highest BCUT2D eigenvalue weighted by atomic mass is 32.2. The van der Waals surface area contributed by atoms with Gasteiger partial charge in [-0.05, 0) is 24.3 Å². The monoisotopic (exact) mass is 320 g/mol. The van der Waals surface area contributed by atoms with Crippen molar-refractivity contribution in [2.24, 2.45) is 5.73 Å². The number of hydrogen-bond donors (Lipinski definition) is 2. The number of para-hydroxylation sites is 1. The maximum absolute atomic E-state index is 12.4. The second-order valence-electron chi connectivity index (χ2n) is 4.53. The Kier molecular flexibility index (Phi) is 3.38. The minimum absolute atomic E-state index is 0.00368. The fourth-order valence-corrected chi connectivity index (χ4v) is 3.13. The lowest BCUT2D eigenvalue weighted by molar-refractivity contribution is 0.100. The van der Waals surface area contributed by atoms with Crippen LogP contribution in [-0.2, 0) is 10.0 Å². The molecule has 0 unspecified atom stereocenters. The molecular formula is C14H12N2O5S. The van der Waals surface area contributed by atoms with E-state index in [4.69, 9.17) is 15.2 Å². The summed E-state index contributed by atoms with van der Waals surface area (Å²) in [7, 11) is -3.88. The molecule has 8 heteroatoms. The molecule has 0 radical (unpaired) electrons. The van der Waals surface area contributed by atoms with Crippen molar-refractivity contribution in [2.45, 2.75) is 4.90 Å². The molecular weight excluding hydrogens is 308 g/mol. The van der Waals surface area contributed by atoms with Crippen molar-refractivity contribution in [1.29, 1.82) is 0 Å². The number of ether oxygens (including phenoxy) is 2. The molecule has 1 heterocycles. The average Bonchev–Trinajstić information content (AvgIpc) is 2.94. The highest BCUT2D eigenvalue weighted by Crippen LogP contribution is 2.34. The van der Waals surface area contributed by atoms with Crippen molar-refractivity contribution in [3.63, 3.8) is 0 Å². The number of carbonyl (C=O) groups is 1. The highest BCUT2D eigenvalue weighted by Gasteiger charge is 2.21. The summed E-state index contributed by atoms with van der Waals surface area (Å²) in [6.07, 6.45) is 0. The van der Waals surface area contributed by atoms with Crippen LogP contribution in [0.25, 0.3) is 0 Å². The highest BCUT2D eigenvalue weighted by molar-refractivity contribution is 7.92. The van der Waals surface area contributed by atoms with Crippen LogP contribution in [0, 0.1) is 0 Å². The Labute approximate surface area is 126 Å². The summed E-state index contributed by atoms with van der Waals surface area (Å²) in [6, 6.07) is 10.4. The van der Waals surface area contributed by atoms with E-state index in [0.717, 1.165) is 0 Å². The summed E-state index contributed by atoms with van der Waals surface area (Å²) < 4.78 is 37.5. The summed E-state index contributed by atoms with van der Waals surface area (Å²) in [5.41, 5.74) is 5.44. The normalized spacial score (nSPS) is 12.9. The van der Waals surface area contributed by atoms with Gasteiger partial charge in [-0.3, -0.25) is 9.52 Å². The van der Waals surface area contributed by atoms with Crippen LogP contribution in [0.3, 0.4) is 0 Å². The number of benzene rings is 2. The van der Waals surface area contributed by atoms with Crippen LogP contribution in [0.15, 0.2) is 47.4 Å². The first-order valence-electron chi connectivity index (χ1n) is 6.29. The van der Waals surface area contributed by atoms with Gasteiger partial charge in [-0.15, -0.1) is 0 Å². The predicted molar refractivity (Wildman–Crippen MR) is 78.3 cm³/mol. The predicted octanol–water partition coefficient (Wildman–Crippen LogP) is 1.31. The van der Waals surface area contributed by atoms with Gasteiger partial charge in [0.15, 0.2) is 11.5 Å². The van der Waals surface area contributed by atoms with Gasteiger partial charge in [0.1, 0.15) is 0 Å². The fraction of sp³-hybridized carbons (Fsp3) is 0.0714. The molecule has 3 N–H and O–H groups in total. The molecule has 0 aliphatic carbocycles. The summed E-state index contributed by atoms with van der Waals surface area (Å²) in [6.45, 7) is 0.0524. The number of primary amides is 1. The molecule has 1 aliphatic rings. The number of amides is 1. The van der Waals surface area contributed by atoms with Crippen LogP contribution < -0.4 is 19.9 Å². The molecule has 114 valence electrons. The third-order valence-corrected chi connectivity index (χ3v) is 4.45. The van der Waals surface area contributed by atoms with Gasteiger partial charge in [-0.2, -0.15) is 0 Å². The molecule has 0 aromatic heterocycles. The average molecular weight is 320 g/mol. The van der Waals surface area contributed by atoms with Crippen molar-refractivity contribution in [2.75, 3.05) is 11.5 Å². The summed E-state index contributed by atoms with van der Waals surface area (Å²) in [5, 5.41) is 0. The Morgan fingerprint density at radius 2 is 1.82 bits per heavy atom. The molecule has 0 saturated carbocycles. The Hall–Kier alpha value is -2.74. The lowest BCUT2D eigenvalue weighted by Crippen LogP contribution is -2.18. The van der Waals surface area contributed by atoms with E-state index in [9.17, 15) is 13.2 Å². The van der Waals surface area contributed by atoms with Crippen LogP contribution in [0.1, 0.15) is 10.4 Å². The van der Waals surface area contributed by atoms with Crippen molar-refractivity contribution in [3.8, 4) is 11.5 Å². The van der Waals surface area contributed by atoms with E-state index in [0.29, 0.717) is 11.5 Å². The minimum atomic E-state index is -3.88. The van der Waals surface area contributed by atoms with Gasteiger partial charge in [0.2, 0.25) is 6.79 Å². The first kappa shape index (κ1) is 14.2. The summed E-state index contributed by atoms with van der Waals surface area (Å²) in [4.78, 5) is 11.3. The maximum Gasteiger partial charge on any atom is 0.262 e. The van der Waals surface area contributed by atoms with Crippen molar-refractivity contribution in [1.82, 2.24) is 0 Å². The molecule has 0 fully saturated rings. The van der Waals surface area contributed by atoms with Crippen molar-refractivity contribution in [3.05, 3.63) is 48.0 Å². The Balaban J connectivity index is 1.96. The standard InChI is InChI=1S/C14H12N2O5S/c15-14(17)10-3-1-2-4-11(10)16-22(18,19)9-5-6-12-13(7-9)21-8-20-12/h1-7,16H,8H2,(H2,15,17). The van der Waals surface area contributed by atoms with E-state index in [1.807, 2.05) is 0 Å². The van der Waals surface area contributed by atoms with E-state index in [-0.39, 0.29) is 22.9 Å². The van der Waals surface area contributed by atoms with Gasteiger partial charge in [-0.1, -0.05) is 12.1 Å².